The number of hydrogen-bond acceptors (Lipinski definition) is 6. The van der Waals surface area contributed by atoms with Gasteiger partial charge in [0, 0.05) is 56.2 Å². The van der Waals surface area contributed by atoms with Crippen molar-refractivity contribution in [2.24, 2.45) is 0 Å². The predicted octanol–water partition coefficient (Wildman–Crippen LogP) is 4.39. The molecule has 1 fully saturated rings. The Morgan fingerprint density at radius 3 is 2.34 bits per heavy atom. The number of anilines is 1. The van der Waals surface area contributed by atoms with E-state index in [0.717, 1.165) is 48.9 Å². The van der Waals surface area contributed by atoms with E-state index in [1.165, 1.54) is 16.8 Å². The molecule has 0 spiro atoms. The number of imidazole rings is 1. The predicted molar refractivity (Wildman–Crippen MR) is 163 cm³/mol. The second-order valence-corrected chi connectivity index (χ2v) is 10.6. The van der Waals surface area contributed by atoms with E-state index in [1.54, 1.807) is 7.11 Å². The Hall–Kier alpha value is -4.14. The van der Waals surface area contributed by atoms with Crippen LogP contribution in [0, 0.1) is 20.8 Å². The van der Waals surface area contributed by atoms with Crippen LogP contribution in [0.3, 0.4) is 0 Å². The summed E-state index contributed by atoms with van der Waals surface area (Å²) in [6.45, 7) is 10.4. The molecule has 1 unspecified atom stereocenters. The molecule has 0 saturated carbocycles. The Bertz CT molecular complexity index is 1480. The fourth-order valence-electron chi connectivity index (χ4n) is 5.45. The monoisotopic (exact) mass is 553 g/mol. The molecular formula is C33H39N5O3. The standard InChI is InChI=1S/C33H39N5O3/c1-23-9-8-12-30(24(23)2)37-19-17-36(18-20-37)22-28(39)21-34-33(40)31-25(3)38(27-13-15-29(41-4)16-14-27)32(35-31)26-10-6-5-7-11-26/h5-16,28,39H,17-22H2,1-4H3,(H,34,40). The van der Waals surface area contributed by atoms with Gasteiger partial charge in [-0.3, -0.25) is 14.3 Å². The lowest BCUT2D eigenvalue weighted by molar-refractivity contribution is 0.0847. The minimum absolute atomic E-state index is 0.158. The summed E-state index contributed by atoms with van der Waals surface area (Å²) in [4.78, 5) is 22.8. The number of methoxy groups -OCH3 is 1. The van der Waals surface area contributed by atoms with E-state index in [9.17, 15) is 9.90 Å². The number of carbonyl (C=O) groups is 1. The molecule has 1 aromatic heterocycles. The van der Waals surface area contributed by atoms with Gasteiger partial charge in [0.05, 0.1) is 18.9 Å². The molecule has 0 aliphatic carbocycles. The third-order valence-corrected chi connectivity index (χ3v) is 7.94. The SMILES string of the molecule is COc1ccc(-n2c(-c3ccccc3)nc(C(=O)NCC(O)CN3CCN(c4cccc(C)c4C)CC3)c2C)cc1. The second-order valence-electron chi connectivity index (χ2n) is 10.6. The van der Waals surface area contributed by atoms with Gasteiger partial charge in [-0.05, 0) is 62.2 Å². The molecule has 1 aliphatic rings. The zero-order chi connectivity index (χ0) is 28.9. The van der Waals surface area contributed by atoms with Crippen molar-refractivity contribution >= 4 is 11.6 Å². The van der Waals surface area contributed by atoms with Gasteiger partial charge >= 0.3 is 0 Å². The lowest BCUT2D eigenvalue weighted by Crippen LogP contribution is -2.50. The van der Waals surface area contributed by atoms with E-state index < -0.39 is 6.10 Å². The summed E-state index contributed by atoms with van der Waals surface area (Å²) in [5, 5.41) is 13.7. The van der Waals surface area contributed by atoms with Crippen LogP contribution in [0.2, 0.25) is 0 Å². The third kappa shape index (κ3) is 6.29. The number of aromatic nitrogens is 2. The van der Waals surface area contributed by atoms with Crippen LogP contribution in [0.25, 0.3) is 17.1 Å². The van der Waals surface area contributed by atoms with Crippen LogP contribution in [0.4, 0.5) is 5.69 Å². The topological polar surface area (TPSA) is 82.9 Å². The summed E-state index contributed by atoms with van der Waals surface area (Å²) in [5.41, 5.74) is 6.77. The van der Waals surface area contributed by atoms with Crippen molar-refractivity contribution in [3.8, 4) is 22.8 Å². The Labute approximate surface area is 242 Å². The number of piperazine rings is 1. The van der Waals surface area contributed by atoms with Crippen LogP contribution in [-0.4, -0.2) is 77.9 Å². The number of aryl methyl sites for hydroxylation is 1. The molecule has 214 valence electrons. The van der Waals surface area contributed by atoms with Crippen LogP contribution < -0.4 is 15.0 Å². The second kappa shape index (κ2) is 12.6. The first-order valence-electron chi connectivity index (χ1n) is 14.1. The Morgan fingerprint density at radius 2 is 1.66 bits per heavy atom. The van der Waals surface area contributed by atoms with Gasteiger partial charge in [-0.25, -0.2) is 4.98 Å². The third-order valence-electron chi connectivity index (χ3n) is 7.94. The highest BCUT2D eigenvalue weighted by Gasteiger charge is 2.24. The zero-order valence-corrected chi connectivity index (χ0v) is 24.3. The lowest BCUT2D eigenvalue weighted by atomic mass is 10.1. The summed E-state index contributed by atoms with van der Waals surface area (Å²) in [7, 11) is 1.63. The summed E-state index contributed by atoms with van der Waals surface area (Å²) in [6, 6.07) is 23.9. The zero-order valence-electron chi connectivity index (χ0n) is 24.3. The van der Waals surface area contributed by atoms with Gasteiger partial charge in [0.15, 0.2) is 0 Å². The number of aliphatic hydroxyl groups is 1. The smallest absolute Gasteiger partial charge is 0.271 e. The average Bonchev–Trinajstić information content (AvgIpc) is 3.35. The number of benzene rings is 3. The van der Waals surface area contributed by atoms with Crippen molar-refractivity contribution < 1.29 is 14.6 Å². The minimum Gasteiger partial charge on any atom is -0.497 e. The van der Waals surface area contributed by atoms with Gasteiger partial charge in [0.2, 0.25) is 0 Å². The van der Waals surface area contributed by atoms with Gasteiger partial charge < -0.3 is 20.1 Å². The number of nitrogens with one attached hydrogen (secondary N) is 1. The lowest BCUT2D eigenvalue weighted by Gasteiger charge is -2.37. The van der Waals surface area contributed by atoms with E-state index in [1.807, 2.05) is 66.1 Å². The molecule has 1 saturated heterocycles. The van der Waals surface area contributed by atoms with Gasteiger partial charge in [0.25, 0.3) is 5.91 Å². The average molecular weight is 554 g/mol. The van der Waals surface area contributed by atoms with E-state index in [-0.39, 0.29) is 12.5 Å². The molecule has 4 aromatic rings. The number of rotatable bonds is 9. The van der Waals surface area contributed by atoms with Crippen molar-refractivity contribution in [1.29, 1.82) is 0 Å². The summed E-state index contributed by atoms with van der Waals surface area (Å²) in [5.74, 6) is 1.14. The molecule has 8 nitrogen and oxygen atoms in total. The fraction of sp³-hybridized carbons (Fsp3) is 0.333. The maximum absolute atomic E-state index is 13.3. The number of aliphatic hydroxyl groups excluding tert-OH is 1. The van der Waals surface area contributed by atoms with E-state index in [4.69, 9.17) is 9.72 Å². The largest absolute Gasteiger partial charge is 0.497 e. The molecule has 1 aliphatic heterocycles. The number of hydrogen-bond donors (Lipinski definition) is 2. The van der Waals surface area contributed by atoms with Crippen LogP contribution in [0.15, 0.2) is 72.8 Å². The van der Waals surface area contributed by atoms with Gasteiger partial charge in [-0.15, -0.1) is 0 Å². The number of amides is 1. The summed E-state index contributed by atoms with van der Waals surface area (Å²) < 4.78 is 7.30. The Kier molecular flexibility index (Phi) is 8.71. The van der Waals surface area contributed by atoms with Gasteiger partial charge in [-0.1, -0.05) is 42.5 Å². The van der Waals surface area contributed by atoms with Crippen LogP contribution >= 0.6 is 0 Å². The molecule has 0 radical (unpaired) electrons. The van der Waals surface area contributed by atoms with Crippen molar-refractivity contribution in [2.75, 3.05) is 51.3 Å². The highest BCUT2D eigenvalue weighted by Crippen LogP contribution is 2.28. The number of β-amino-alcohol motifs (C(OH)–C–C–N with tert-alkyl or cyclic N) is 1. The molecule has 2 heterocycles. The number of ether oxygens (including phenoxy) is 1. The van der Waals surface area contributed by atoms with Crippen LogP contribution in [0.5, 0.6) is 5.75 Å². The van der Waals surface area contributed by atoms with Crippen LogP contribution in [0.1, 0.15) is 27.3 Å². The molecule has 8 heteroatoms. The summed E-state index contributed by atoms with van der Waals surface area (Å²) in [6.07, 6.45) is -0.677. The molecule has 0 bridgehead atoms. The molecular weight excluding hydrogens is 514 g/mol. The van der Waals surface area contributed by atoms with E-state index in [2.05, 4.69) is 47.2 Å². The first-order chi connectivity index (χ1) is 19.9. The van der Waals surface area contributed by atoms with E-state index >= 15 is 0 Å². The molecule has 5 rings (SSSR count). The molecule has 1 atom stereocenters. The first-order valence-corrected chi connectivity index (χ1v) is 14.1. The molecule has 41 heavy (non-hydrogen) atoms. The highest BCUT2D eigenvalue weighted by molar-refractivity contribution is 5.94. The minimum atomic E-state index is -0.677. The Morgan fingerprint density at radius 1 is 0.951 bits per heavy atom. The molecule has 3 aromatic carbocycles. The van der Waals surface area contributed by atoms with Crippen LogP contribution in [-0.2, 0) is 0 Å². The van der Waals surface area contributed by atoms with Crippen molar-refractivity contribution in [3.63, 3.8) is 0 Å². The van der Waals surface area contributed by atoms with Crippen molar-refractivity contribution in [3.05, 3.63) is 95.3 Å². The van der Waals surface area contributed by atoms with Gasteiger partial charge in [0.1, 0.15) is 17.3 Å². The quantitative estimate of drug-likeness (QED) is 0.320. The normalized spacial score (nSPS) is 14.6. The number of carbonyl (C=O) groups excluding carboxylic acids is 1. The van der Waals surface area contributed by atoms with Crippen molar-refractivity contribution in [1.82, 2.24) is 19.8 Å². The Balaban J connectivity index is 1.23. The van der Waals surface area contributed by atoms with E-state index in [0.29, 0.717) is 18.1 Å². The fourth-order valence-corrected chi connectivity index (χ4v) is 5.45. The van der Waals surface area contributed by atoms with Crippen molar-refractivity contribution in [2.45, 2.75) is 26.9 Å². The summed E-state index contributed by atoms with van der Waals surface area (Å²) >= 11 is 0. The molecule has 1 amide bonds. The first kappa shape index (κ1) is 28.4. The van der Waals surface area contributed by atoms with Gasteiger partial charge in [-0.2, -0.15) is 0 Å². The highest BCUT2D eigenvalue weighted by atomic mass is 16.5. The number of nitrogens with zero attached hydrogens (tertiary/aromatic N) is 4. The maximum Gasteiger partial charge on any atom is 0.271 e. The molecule has 2 N–H and O–H groups in total. The maximum atomic E-state index is 13.3.